The van der Waals surface area contributed by atoms with E-state index in [0.717, 1.165) is 42.6 Å². The predicted octanol–water partition coefficient (Wildman–Crippen LogP) is 7.65. The third-order valence-corrected chi connectivity index (χ3v) is 6.97. The Kier molecular flexibility index (Phi) is 7.21. The highest BCUT2D eigenvalue weighted by Gasteiger charge is 2.32. The highest BCUT2D eigenvalue weighted by Crippen LogP contribution is 2.44. The molecule has 28 heavy (non-hydrogen) atoms. The van der Waals surface area contributed by atoms with Crippen LogP contribution in [0.5, 0.6) is 0 Å². The normalized spacial score (nSPS) is 28.9. The summed E-state index contributed by atoms with van der Waals surface area (Å²) in [6, 6.07) is 7.87. The molecule has 0 heterocycles. The Labute approximate surface area is 166 Å². The molecule has 0 N–H and O–H groups in total. The van der Waals surface area contributed by atoms with Crippen molar-refractivity contribution < 1.29 is 13.2 Å². The lowest BCUT2D eigenvalue weighted by Crippen LogP contribution is -2.25. The van der Waals surface area contributed by atoms with Gasteiger partial charge < -0.3 is 0 Å². The van der Waals surface area contributed by atoms with Crippen LogP contribution in [-0.4, -0.2) is 0 Å². The van der Waals surface area contributed by atoms with E-state index in [-0.39, 0.29) is 0 Å². The van der Waals surface area contributed by atoms with Gasteiger partial charge in [-0.1, -0.05) is 31.1 Å². The molecular formula is C24H30F3N. The van der Waals surface area contributed by atoms with E-state index in [1.165, 1.54) is 57.1 Å². The van der Waals surface area contributed by atoms with Crippen molar-refractivity contribution in [1.29, 1.82) is 5.26 Å². The highest BCUT2D eigenvalue weighted by atomic mass is 19.4. The summed E-state index contributed by atoms with van der Waals surface area (Å²) in [6.45, 7) is 0. The summed E-state index contributed by atoms with van der Waals surface area (Å²) < 4.78 is 38.2. The Hall–Kier alpha value is -1.76. The van der Waals surface area contributed by atoms with Crippen LogP contribution in [0.15, 0.2) is 36.4 Å². The second kappa shape index (κ2) is 9.63. The number of hydrogen-bond donors (Lipinski definition) is 0. The first-order valence-corrected chi connectivity index (χ1v) is 10.7. The number of nitrogens with zero attached hydrogens (tertiary/aromatic N) is 1. The van der Waals surface area contributed by atoms with Crippen LogP contribution in [0.4, 0.5) is 13.2 Å². The first kappa shape index (κ1) is 21.0. The number of alkyl halides is 3. The molecule has 0 spiro atoms. The lowest BCUT2D eigenvalue weighted by atomic mass is 9.68. The molecule has 2 fully saturated rings. The van der Waals surface area contributed by atoms with Crippen molar-refractivity contribution in [2.45, 2.75) is 76.3 Å². The van der Waals surface area contributed by atoms with Crippen LogP contribution in [0.3, 0.4) is 0 Å². The van der Waals surface area contributed by atoms with E-state index < -0.39 is 11.7 Å². The molecule has 2 aliphatic rings. The zero-order valence-electron chi connectivity index (χ0n) is 16.4. The molecule has 1 aromatic carbocycles. The van der Waals surface area contributed by atoms with E-state index in [1.54, 1.807) is 18.2 Å². The first-order valence-electron chi connectivity index (χ1n) is 10.7. The Bertz CT molecular complexity index is 667. The minimum absolute atomic E-state index is 0.418. The molecule has 0 amide bonds. The SMILES string of the molecule is N#C/C=C/CCC1CCC(C2CCC(c3ccc(C(F)(F)F)cc3)CC2)CC1. The number of nitriles is 1. The van der Waals surface area contributed by atoms with E-state index in [4.69, 9.17) is 5.26 Å². The molecule has 0 aromatic heterocycles. The van der Waals surface area contributed by atoms with Gasteiger partial charge in [0.25, 0.3) is 0 Å². The lowest BCUT2D eigenvalue weighted by molar-refractivity contribution is -0.137. The summed E-state index contributed by atoms with van der Waals surface area (Å²) in [5.41, 5.74) is 0.519. The molecule has 152 valence electrons. The van der Waals surface area contributed by atoms with Gasteiger partial charge >= 0.3 is 6.18 Å². The third-order valence-electron chi connectivity index (χ3n) is 6.97. The van der Waals surface area contributed by atoms with Crippen molar-refractivity contribution in [2.75, 3.05) is 0 Å². The van der Waals surface area contributed by atoms with Gasteiger partial charge in [0.05, 0.1) is 11.6 Å². The smallest absolute Gasteiger partial charge is 0.193 e. The van der Waals surface area contributed by atoms with Crippen LogP contribution in [0, 0.1) is 29.1 Å². The second-order valence-electron chi connectivity index (χ2n) is 8.62. The molecule has 0 radical (unpaired) electrons. The summed E-state index contributed by atoms with van der Waals surface area (Å²) in [7, 11) is 0. The van der Waals surface area contributed by atoms with Crippen molar-refractivity contribution in [2.24, 2.45) is 17.8 Å². The molecule has 2 aliphatic carbocycles. The number of hydrogen-bond acceptors (Lipinski definition) is 1. The van der Waals surface area contributed by atoms with E-state index in [2.05, 4.69) is 0 Å². The Morgan fingerprint density at radius 2 is 1.46 bits per heavy atom. The fourth-order valence-electron chi connectivity index (χ4n) is 5.28. The van der Waals surface area contributed by atoms with Gasteiger partial charge in [0.15, 0.2) is 0 Å². The minimum atomic E-state index is -4.25. The quantitative estimate of drug-likeness (QED) is 0.475. The van der Waals surface area contributed by atoms with Crippen LogP contribution in [0.2, 0.25) is 0 Å². The molecule has 0 aliphatic heterocycles. The Balaban J connectivity index is 1.42. The monoisotopic (exact) mass is 389 g/mol. The predicted molar refractivity (Wildman–Crippen MR) is 106 cm³/mol. The molecule has 0 bridgehead atoms. The van der Waals surface area contributed by atoms with Crippen LogP contribution in [0.1, 0.15) is 81.3 Å². The van der Waals surface area contributed by atoms with Gasteiger partial charge in [-0.2, -0.15) is 18.4 Å². The average molecular weight is 390 g/mol. The van der Waals surface area contributed by atoms with Gasteiger partial charge in [-0.25, -0.2) is 0 Å². The van der Waals surface area contributed by atoms with E-state index in [9.17, 15) is 13.2 Å². The van der Waals surface area contributed by atoms with Crippen molar-refractivity contribution in [1.82, 2.24) is 0 Å². The van der Waals surface area contributed by atoms with Gasteiger partial charge in [0.2, 0.25) is 0 Å². The van der Waals surface area contributed by atoms with Gasteiger partial charge in [-0.05, 0) is 92.7 Å². The summed E-state index contributed by atoms with van der Waals surface area (Å²) in [4.78, 5) is 0. The fourth-order valence-corrected chi connectivity index (χ4v) is 5.28. The molecular weight excluding hydrogens is 359 g/mol. The first-order chi connectivity index (χ1) is 13.5. The second-order valence-corrected chi connectivity index (χ2v) is 8.62. The molecule has 4 heteroatoms. The number of allylic oxidation sites excluding steroid dienone is 2. The zero-order chi connectivity index (χ0) is 20.0. The lowest BCUT2D eigenvalue weighted by Gasteiger charge is -2.38. The van der Waals surface area contributed by atoms with Crippen LogP contribution < -0.4 is 0 Å². The fraction of sp³-hybridized carbons (Fsp3) is 0.625. The van der Waals surface area contributed by atoms with E-state index in [0.29, 0.717) is 5.92 Å². The van der Waals surface area contributed by atoms with Crippen LogP contribution >= 0.6 is 0 Å². The van der Waals surface area contributed by atoms with Crippen molar-refractivity contribution in [3.63, 3.8) is 0 Å². The number of benzene rings is 1. The number of halogens is 3. The van der Waals surface area contributed by atoms with Crippen molar-refractivity contribution >= 4 is 0 Å². The van der Waals surface area contributed by atoms with E-state index in [1.807, 2.05) is 12.1 Å². The maximum absolute atomic E-state index is 12.7. The molecule has 1 aromatic rings. The Morgan fingerprint density at radius 3 is 2.00 bits per heavy atom. The minimum Gasteiger partial charge on any atom is -0.193 e. The maximum atomic E-state index is 12.7. The van der Waals surface area contributed by atoms with E-state index >= 15 is 0 Å². The number of rotatable bonds is 5. The average Bonchev–Trinajstić information content (AvgIpc) is 2.71. The standard InChI is InChI=1S/C24H30F3N/c25-24(26,27)23-15-13-22(14-16-23)21-11-9-20(10-12-21)19-7-5-18(6-8-19)4-2-1-3-17-28/h1,3,13-16,18-21H,2,4-12H2/b3-1+. The maximum Gasteiger partial charge on any atom is 0.416 e. The molecule has 2 saturated carbocycles. The summed E-state index contributed by atoms with van der Waals surface area (Å²) in [5, 5.41) is 8.54. The summed E-state index contributed by atoms with van der Waals surface area (Å²) in [6.07, 6.45) is 11.4. The topological polar surface area (TPSA) is 23.8 Å². The highest BCUT2D eigenvalue weighted by molar-refractivity contribution is 5.27. The van der Waals surface area contributed by atoms with Gasteiger partial charge in [0.1, 0.15) is 0 Å². The molecule has 1 nitrogen and oxygen atoms in total. The van der Waals surface area contributed by atoms with Crippen molar-refractivity contribution in [3.8, 4) is 6.07 Å². The van der Waals surface area contributed by atoms with Gasteiger partial charge in [0, 0.05) is 6.08 Å². The van der Waals surface area contributed by atoms with Crippen molar-refractivity contribution in [3.05, 3.63) is 47.5 Å². The van der Waals surface area contributed by atoms with Gasteiger partial charge in [-0.15, -0.1) is 0 Å². The van der Waals surface area contributed by atoms with Crippen LogP contribution in [-0.2, 0) is 6.18 Å². The Morgan fingerprint density at radius 1 is 0.893 bits per heavy atom. The molecule has 0 atom stereocenters. The molecule has 0 unspecified atom stereocenters. The van der Waals surface area contributed by atoms with Gasteiger partial charge in [-0.3, -0.25) is 0 Å². The summed E-state index contributed by atoms with van der Waals surface area (Å²) in [5.74, 6) is 2.86. The molecule has 3 rings (SSSR count). The third kappa shape index (κ3) is 5.63. The van der Waals surface area contributed by atoms with Crippen LogP contribution in [0.25, 0.3) is 0 Å². The largest absolute Gasteiger partial charge is 0.416 e. The summed E-state index contributed by atoms with van der Waals surface area (Å²) >= 11 is 0. The zero-order valence-corrected chi connectivity index (χ0v) is 16.4. The molecule has 0 saturated heterocycles.